The third-order valence-corrected chi connectivity index (χ3v) is 4.11. The molecule has 0 bridgehead atoms. The van der Waals surface area contributed by atoms with E-state index in [1.807, 2.05) is 6.07 Å². The lowest BCUT2D eigenvalue weighted by atomic mass is 10.0. The second-order valence-electron chi connectivity index (χ2n) is 5.25. The van der Waals surface area contributed by atoms with Crippen molar-refractivity contribution in [2.75, 3.05) is 24.7 Å². The van der Waals surface area contributed by atoms with Gasteiger partial charge in [0.05, 0.1) is 6.10 Å². The highest BCUT2D eigenvalue weighted by Crippen LogP contribution is 2.35. The van der Waals surface area contributed by atoms with Gasteiger partial charge in [-0.25, -0.2) is 0 Å². The third kappa shape index (κ3) is 2.25. The summed E-state index contributed by atoms with van der Waals surface area (Å²) in [4.78, 5) is 2.49. The molecule has 3 heteroatoms. The number of para-hydroxylation sites is 1. The SMILES string of the molecule is OC1CCCN(C2CCOCC2)c2ccccc21. The van der Waals surface area contributed by atoms with Crippen molar-refractivity contribution < 1.29 is 9.84 Å². The van der Waals surface area contributed by atoms with Crippen LogP contribution in [0.25, 0.3) is 0 Å². The zero-order valence-electron chi connectivity index (χ0n) is 10.7. The maximum atomic E-state index is 10.2. The molecule has 2 aliphatic rings. The van der Waals surface area contributed by atoms with Gasteiger partial charge in [0.2, 0.25) is 0 Å². The fourth-order valence-corrected chi connectivity index (χ4v) is 3.14. The molecule has 1 unspecified atom stereocenters. The highest BCUT2D eigenvalue weighted by molar-refractivity contribution is 5.56. The Hall–Kier alpha value is -1.06. The van der Waals surface area contributed by atoms with E-state index in [4.69, 9.17) is 4.74 Å². The molecular weight excluding hydrogens is 226 g/mol. The lowest BCUT2D eigenvalue weighted by Crippen LogP contribution is -2.40. The van der Waals surface area contributed by atoms with Gasteiger partial charge in [-0.1, -0.05) is 18.2 Å². The lowest BCUT2D eigenvalue weighted by Gasteiger charge is -2.36. The monoisotopic (exact) mass is 247 g/mol. The standard InChI is InChI=1S/C15H21NO2/c17-15-6-3-9-16(12-7-10-18-11-8-12)14-5-2-1-4-13(14)15/h1-2,4-5,12,15,17H,3,6-11H2. The van der Waals surface area contributed by atoms with Crippen LogP contribution in [0, 0.1) is 0 Å². The second kappa shape index (κ2) is 5.29. The third-order valence-electron chi connectivity index (χ3n) is 4.11. The molecule has 1 saturated heterocycles. The fourth-order valence-electron chi connectivity index (χ4n) is 3.14. The number of rotatable bonds is 1. The van der Waals surface area contributed by atoms with E-state index in [9.17, 15) is 5.11 Å². The Morgan fingerprint density at radius 2 is 1.89 bits per heavy atom. The Balaban J connectivity index is 1.91. The average molecular weight is 247 g/mol. The Labute approximate surface area is 108 Å². The summed E-state index contributed by atoms with van der Waals surface area (Å²) in [5.74, 6) is 0. The van der Waals surface area contributed by atoms with E-state index in [1.165, 1.54) is 5.69 Å². The molecule has 0 aromatic heterocycles. The van der Waals surface area contributed by atoms with E-state index in [1.54, 1.807) is 0 Å². The maximum absolute atomic E-state index is 10.2. The van der Waals surface area contributed by atoms with Gasteiger partial charge in [0, 0.05) is 37.1 Å². The van der Waals surface area contributed by atoms with Gasteiger partial charge in [-0.15, -0.1) is 0 Å². The van der Waals surface area contributed by atoms with Gasteiger partial charge in [0.15, 0.2) is 0 Å². The molecule has 0 aliphatic carbocycles. The van der Waals surface area contributed by atoms with Crippen LogP contribution in [0.3, 0.4) is 0 Å². The van der Waals surface area contributed by atoms with Crippen LogP contribution in [0.5, 0.6) is 0 Å². The summed E-state index contributed by atoms with van der Waals surface area (Å²) in [6.45, 7) is 2.79. The Morgan fingerprint density at radius 1 is 1.11 bits per heavy atom. The van der Waals surface area contributed by atoms with Crippen molar-refractivity contribution in [3.63, 3.8) is 0 Å². The number of hydrogen-bond donors (Lipinski definition) is 1. The van der Waals surface area contributed by atoms with Gasteiger partial charge >= 0.3 is 0 Å². The number of fused-ring (bicyclic) bond motifs is 1. The molecule has 0 amide bonds. The van der Waals surface area contributed by atoms with Crippen molar-refractivity contribution in [2.45, 2.75) is 37.8 Å². The molecular formula is C15H21NO2. The first-order valence-corrected chi connectivity index (χ1v) is 6.97. The maximum Gasteiger partial charge on any atom is 0.0810 e. The van der Waals surface area contributed by atoms with Crippen LogP contribution in [-0.2, 0) is 4.74 Å². The van der Waals surface area contributed by atoms with Crippen molar-refractivity contribution in [1.82, 2.24) is 0 Å². The molecule has 2 aliphatic heterocycles. The Morgan fingerprint density at radius 3 is 2.72 bits per heavy atom. The molecule has 18 heavy (non-hydrogen) atoms. The Bertz CT molecular complexity index is 401. The number of anilines is 1. The number of ether oxygens (including phenoxy) is 1. The second-order valence-corrected chi connectivity index (χ2v) is 5.25. The first-order valence-electron chi connectivity index (χ1n) is 6.97. The van der Waals surface area contributed by atoms with Crippen LogP contribution >= 0.6 is 0 Å². The molecule has 0 saturated carbocycles. The molecule has 0 spiro atoms. The minimum Gasteiger partial charge on any atom is -0.388 e. The van der Waals surface area contributed by atoms with Gasteiger partial charge in [-0.3, -0.25) is 0 Å². The smallest absolute Gasteiger partial charge is 0.0810 e. The normalized spacial score (nSPS) is 25.6. The van der Waals surface area contributed by atoms with Gasteiger partial charge in [0.25, 0.3) is 0 Å². The van der Waals surface area contributed by atoms with Gasteiger partial charge in [-0.05, 0) is 31.7 Å². The van der Waals surface area contributed by atoms with Gasteiger partial charge in [-0.2, -0.15) is 0 Å². The quantitative estimate of drug-likeness (QED) is 0.827. The molecule has 3 nitrogen and oxygen atoms in total. The van der Waals surface area contributed by atoms with Crippen LogP contribution in [0.1, 0.15) is 37.4 Å². The summed E-state index contributed by atoms with van der Waals surface area (Å²) in [5.41, 5.74) is 2.33. The van der Waals surface area contributed by atoms with E-state index >= 15 is 0 Å². The minimum absolute atomic E-state index is 0.300. The highest BCUT2D eigenvalue weighted by Gasteiger charge is 2.27. The highest BCUT2D eigenvalue weighted by atomic mass is 16.5. The summed E-state index contributed by atoms with van der Waals surface area (Å²) in [7, 11) is 0. The number of aliphatic hydroxyl groups is 1. The van der Waals surface area contributed by atoms with Crippen LogP contribution in [0.15, 0.2) is 24.3 Å². The zero-order chi connectivity index (χ0) is 12.4. The number of hydrogen-bond acceptors (Lipinski definition) is 3. The molecule has 98 valence electrons. The van der Waals surface area contributed by atoms with Gasteiger partial charge < -0.3 is 14.7 Å². The molecule has 2 heterocycles. The van der Waals surface area contributed by atoms with Crippen LogP contribution in [0.2, 0.25) is 0 Å². The summed E-state index contributed by atoms with van der Waals surface area (Å²) in [6.07, 6.45) is 3.84. The number of aliphatic hydroxyl groups excluding tert-OH is 1. The van der Waals surface area contributed by atoms with Crippen molar-refractivity contribution >= 4 is 5.69 Å². The summed E-state index contributed by atoms with van der Waals surface area (Å²) >= 11 is 0. The summed E-state index contributed by atoms with van der Waals surface area (Å²) in [6, 6.07) is 8.89. The molecule has 1 aromatic carbocycles. The van der Waals surface area contributed by atoms with E-state index in [0.29, 0.717) is 6.04 Å². The van der Waals surface area contributed by atoms with Crippen molar-refractivity contribution in [3.05, 3.63) is 29.8 Å². The molecule has 1 atom stereocenters. The average Bonchev–Trinajstić information content (AvgIpc) is 2.60. The van der Waals surface area contributed by atoms with Crippen LogP contribution in [-0.4, -0.2) is 30.9 Å². The first kappa shape index (κ1) is 12.0. The summed E-state index contributed by atoms with van der Waals surface area (Å²) < 4.78 is 5.45. The van der Waals surface area contributed by atoms with Crippen LogP contribution in [0.4, 0.5) is 5.69 Å². The Kier molecular flexibility index (Phi) is 3.52. The number of nitrogens with zero attached hydrogens (tertiary/aromatic N) is 1. The first-order chi connectivity index (χ1) is 8.86. The summed E-state index contributed by atoms with van der Waals surface area (Å²) in [5, 5.41) is 10.2. The number of benzene rings is 1. The van der Waals surface area contributed by atoms with Gasteiger partial charge in [0.1, 0.15) is 0 Å². The lowest BCUT2D eigenvalue weighted by molar-refractivity contribution is 0.0844. The van der Waals surface area contributed by atoms with Crippen LogP contribution < -0.4 is 4.90 Å². The van der Waals surface area contributed by atoms with Crippen molar-refractivity contribution in [1.29, 1.82) is 0 Å². The molecule has 1 N–H and O–H groups in total. The largest absolute Gasteiger partial charge is 0.388 e. The molecule has 1 fully saturated rings. The topological polar surface area (TPSA) is 32.7 Å². The predicted octanol–water partition coefficient (Wildman–Crippen LogP) is 2.50. The van der Waals surface area contributed by atoms with E-state index in [-0.39, 0.29) is 6.10 Å². The molecule has 3 rings (SSSR count). The predicted molar refractivity (Wildman–Crippen MR) is 71.8 cm³/mol. The minimum atomic E-state index is -0.300. The molecule has 0 radical (unpaired) electrons. The molecule has 1 aromatic rings. The fraction of sp³-hybridized carbons (Fsp3) is 0.600. The van der Waals surface area contributed by atoms with E-state index in [0.717, 1.165) is 51.0 Å². The van der Waals surface area contributed by atoms with Crippen molar-refractivity contribution in [3.8, 4) is 0 Å². The van der Waals surface area contributed by atoms with Crippen molar-refractivity contribution in [2.24, 2.45) is 0 Å². The van der Waals surface area contributed by atoms with E-state index < -0.39 is 0 Å². The zero-order valence-corrected chi connectivity index (χ0v) is 10.7. The van der Waals surface area contributed by atoms with E-state index in [2.05, 4.69) is 23.1 Å².